The Kier molecular flexibility index (Phi) is 7.18. The molecule has 1 N–H and O–H groups in total. The van der Waals surface area contributed by atoms with Crippen LogP contribution in [0.1, 0.15) is 24.0 Å². The Labute approximate surface area is 171 Å². The van der Waals surface area contributed by atoms with E-state index in [1.54, 1.807) is 12.1 Å². The first-order valence-corrected chi connectivity index (χ1v) is 9.97. The van der Waals surface area contributed by atoms with E-state index in [1.165, 1.54) is 0 Å². The number of carbonyl (C=O) groups is 1. The number of likely N-dealkylation sites (tertiary alicyclic amines) is 1. The van der Waals surface area contributed by atoms with E-state index in [2.05, 4.69) is 17.3 Å². The standard InChI is InChI=1S/C22H27ClN2O3/c1-16-13-20(7-8-21(16)23)27-15-22(26)24-14-17-3-5-18(6-4-17)28-19-9-11-25(2)12-10-19/h3-8,13,19H,9-12,14-15H2,1-2H3,(H,24,26). The van der Waals surface area contributed by atoms with Gasteiger partial charge >= 0.3 is 0 Å². The largest absolute Gasteiger partial charge is 0.490 e. The lowest BCUT2D eigenvalue weighted by Crippen LogP contribution is -2.35. The summed E-state index contributed by atoms with van der Waals surface area (Å²) in [7, 11) is 2.14. The lowest BCUT2D eigenvalue weighted by molar-refractivity contribution is -0.123. The summed E-state index contributed by atoms with van der Waals surface area (Å²) in [6.45, 7) is 4.48. The van der Waals surface area contributed by atoms with Crippen molar-refractivity contribution in [2.75, 3.05) is 26.7 Å². The van der Waals surface area contributed by atoms with E-state index in [4.69, 9.17) is 21.1 Å². The summed E-state index contributed by atoms with van der Waals surface area (Å²) < 4.78 is 11.6. The van der Waals surface area contributed by atoms with Crippen LogP contribution in [0.15, 0.2) is 42.5 Å². The summed E-state index contributed by atoms with van der Waals surface area (Å²) in [5.74, 6) is 1.35. The third kappa shape index (κ3) is 6.14. The van der Waals surface area contributed by atoms with E-state index in [9.17, 15) is 4.79 Å². The summed E-state index contributed by atoms with van der Waals surface area (Å²) in [6, 6.07) is 13.2. The minimum atomic E-state index is -0.167. The maximum atomic E-state index is 12.0. The molecule has 2 aromatic carbocycles. The summed E-state index contributed by atoms with van der Waals surface area (Å²) in [5, 5.41) is 3.55. The van der Waals surface area contributed by atoms with Crippen LogP contribution in [0.25, 0.3) is 0 Å². The molecule has 0 spiro atoms. The smallest absolute Gasteiger partial charge is 0.258 e. The molecule has 1 fully saturated rings. The molecular weight excluding hydrogens is 376 g/mol. The number of nitrogens with one attached hydrogen (secondary N) is 1. The van der Waals surface area contributed by atoms with Crippen molar-refractivity contribution in [1.82, 2.24) is 10.2 Å². The molecule has 0 atom stereocenters. The molecule has 1 amide bonds. The van der Waals surface area contributed by atoms with Gasteiger partial charge in [-0.3, -0.25) is 4.79 Å². The van der Waals surface area contributed by atoms with Crippen molar-refractivity contribution in [2.24, 2.45) is 0 Å². The Morgan fingerprint density at radius 2 is 1.82 bits per heavy atom. The minimum absolute atomic E-state index is 0.0294. The molecule has 0 bridgehead atoms. The van der Waals surface area contributed by atoms with Gasteiger partial charge in [-0.25, -0.2) is 0 Å². The molecule has 3 rings (SSSR count). The van der Waals surface area contributed by atoms with Gasteiger partial charge in [0.2, 0.25) is 0 Å². The highest BCUT2D eigenvalue weighted by Crippen LogP contribution is 2.21. The molecule has 0 aromatic heterocycles. The number of nitrogens with zero attached hydrogens (tertiary/aromatic N) is 1. The third-order valence-corrected chi connectivity index (χ3v) is 5.30. The van der Waals surface area contributed by atoms with Crippen LogP contribution in [0.2, 0.25) is 5.02 Å². The Morgan fingerprint density at radius 1 is 1.14 bits per heavy atom. The highest BCUT2D eigenvalue weighted by atomic mass is 35.5. The highest BCUT2D eigenvalue weighted by Gasteiger charge is 2.17. The van der Waals surface area contributed by atoms with Crippen LogP contribution >= 0.6 is 11.6 Å². The Hall–Kier alpha value is -2.24. The van der Waals surface area contributed by atoms with E-state index in [0.29, 0.717) is 17.3 Å². The Bertz CT molecular complexity index is 787. The molecule has 5 nitrogen and oxygen atoms in total. The first kappa shape index (κ1) is 20.5. The van der Waals surface area contributed by atoms with E-state index >= 15 is 0 Å². The fourth-order valence-corrected chi connectivity index (χ4v) is 3.21. The first-order chi connectivity index (χ1) is 13.5. The van der Waals surface area contributed by atoms with Gasteiger partial charge in [0.05, 0.1) is 0 Å². The average molecular weight is 403 g/mol. The van der Waals surface area contributed by atoms with Gasteiger partial charge in [0.1, 0.15) is 17.6 Å². The molecule has 0 radical (unpaired) electrons. The van der Waals surface area contributed by atoms with Crippen LogP contribution < -0.4 is 14.8 Å². The second-order valence-electron chi connectivity index (χ2n) is 7.24. The van der Waals surface area contributed by atoms with Gasteiger partial charge in [-0.1, -0.05) is 23.7 Å². The normalized spacial score (nSPS) is 15.2. The molecule has 28 heavy (non-hydrogen) atoms. The topological polar surface area (TPSA) is 50.8 Å². The third-order valence-electron chi connectivity index (χ3n) is 4.88. The van der Waals surface area contributed by atoms with Gasteiger partial charge in [-0.05, 0) is 68.3 Å². The Balaban J connectivity index is 1.40. The Morgan fingerprint density at radius 3 is 2.50 bits per heavy atom. The number of aryl methyl sites for hydroxylation is 1. The first-order valence-electron chi connectivity index (χ1n) is 9.59. The van der Waals surface area contributed by atoms with Crippen LogP contribution in [-0.2, 0) is 11.3 Å². The molecule has 1 saturated heterocycles. The van der Waals surface area contributed by atoms with Gasteiger partial charge in [-0.15, -0.1) is 0 Å². The molecule has 1 aliphatic heterocycles. The second kappa shape index (κ2) is 9.80. The maximum absolute atomic E-state index is 12.0. The number of amides is 1. The van der Waals surface area contributed by atoms with Gasteiger partial charge in [-0.2, -0.15) is 0 Å². The molecule has 6 heteroatoms. The van der Waals surface area contributed by atoms with Crippen LogP contribution in [-0.4, -0.2) is 43.7 Å². The van der Waals surface area contributed by atoms with E-state index < -0.39 is 0 Å². The second-order valence-corrected chi connectivity index (χ2v) is 7.65. The zero-order valence-electron chi connectivity index (χ0n) is 16.4. The molecule has 2 aromatic rings. The van der Waals surface area contributed by atoms with Crippen LogP contribution in [0.5, 0.6) is 11.5 Å². The molecule has 0 saturated carbocycles. The fraction of sp³-hybridized carbons (Fsp3) is 0.409. The van der Waals surface area contributed by atoms with E-state index in [1.807, 2.05) is 37.3 Å². The molecule has 0 aliphatic carbocycles. The summed E-state index contributed by atoms with van der Waals surface area (Å²) in [5.41, 5.74) is 1.94. The minimum Gasteiger partial charge on any atom is -0.490 e. The molecule has 0 unspecified atom stereocenters. The van der Waals surface area contributed by atoms with Gasteiger partial charge in [0, 0.05) is 24.7 Å². The predicted octanol–water partition coefficient (Wildman–Crippen LogP) is 3.82. The predicted molar refractivity (Wildman–Crippen MR) is 111 cm³/mol. The van der Waals surface area contributed by atoms with Crippen molar-refractivity contribution in [3.63, 3.8) is 0 Å². The number of carbonyl (C=O) groups excluding carboxylic acids is 1. The number of hydrogen-bond acceptors (Lipinski definition) is 4. The quantitative estimate of drug-likeness (QED) is 0.765. The van der Waals surface area contributed by atoms with Crippen LogP contribution in [0.4, 0.5) is 0 Å². The number of halogens is 1. The summed E-state index contributed by atoms with van der Waals surface area (Å²) in [4.78, 5) is 14.3. The number of piperidine rings is 1. The zero-order chi connectivity index (χ0) is 19.9. The number of benzene rings is 2. The molecule has 1 aliphatic rings. The number of rotatable bonds is 7. The SMILES string of the molecule is Cc1cc(OCC(=O)NCc2ccc(OC3CCN(C)CC3)cc2)ccc1Cl. The fourth-order valence-electron chi connectivity index (χ4n) is 3.09. The van der Waals surface area contributed by atoms with Crippen molar-refractivity contribution < 1.29 is 14.3 Å². The zero-order valence-corrected chi connectivity index (χ0v) is 17.2. The van der Waals surface area contributed by atoms with Crippen molar-refractivity contribution in [3.8, 4) is 11.5 Å². The van der Waals surface area contributed by atoms with Crippen LogP contribution in [0.3, 0.4) is 0 Å². The van der Waals surface area contributed by atoms with Gasteiger partial charge in [0.25, 0.3) is 5.91 Å². The van der Waals surface area contributed by atoms with E-state index in [-0.39, 0.29) is 18.6 Å². The van der Waals surface area contributed by atoms with E-state index in [0.717, 1.165) is 42.8 Å². The van der Waals surface area contributed by atoms with Crippen molar-refractivity contribution in [2.45, 2.75) is 32.4 Å². The highest BCUT2D eigenvalue weighted by molar-refractivity contribution is 6.31. The lowest BCUT2D eigenvalue weighted by Gasteiger charge is -2.29. The summed E-state index contributed by atoms with van der Waals surface area (Å²) in [6.07, 6.45) is 2.40. The summed E-state index contributed by atoms with van der Waals surface area (Å²) >= 11 is 5.99. The number of ether oxygens (including phenoxy) is 2. The molecule has 1 heterocycles. The molecule has 150 valence electrons. The van der Waals surface area contributed by atoms with Gasteiger partial charge < -0.3 is 19.7 Å². The molecular formula is C22H27ClN2O3. The van der Waals surface area contributed by atoms with Crippen molar-refractivity contribution >= 4 is 17.5 Å². The van der Waals surface area contributed by atoms with Crippen LogP contribution in [0, 0.1) is 6.92 Å². The monoisotopic (exact) mass is 402 g/mol. The van der Waals surface area contributed by atoms with Gasteiger partial charge in [0.15, 0.2) is 6.61 Å². The van der Waals surface area contributed by atoms with Crippen molar-refractivity contribution in [1.29, 1.82) is 0 Å². The lowest BCUT2D eigenvalue weighted by atomic mass is 10.1. The van der Waals surface area contributed by atoms with Crippen molar-refractivity contribution in [3.05, 3.63) is 58.6 Å². The number of hydrogen-bond donors (Lipinski definition) is 1. The maximum Gasteiger partial charge on any atom is 0.258 e. The average Bonchev–Trinajstić information content (AvgIpc) is 2.70.